The average molecular weight is 365 g/mol. The lowest BCUT2D eigenvalue weighted by molar-refractivity contribution is 0.269. The molecule has 0 unspecified atom stereocenters. The molecular formula is C15H25ClN2O4S. The lowest BCUT2D eigenvalue weighted by Crippen LogP contribution is -2.40. The van der Waals surface area contributed by atoms with Crippen LogP contribution in [-0.2, 0) is 10.0 Å². The van der Waals surface area contributed by atoms with Crippen LogP contribution in [0, 0.1) is 5.92 Å². The van der Waals surface area contributed by atoms with Crippen LogP contribution in [0.2, 0.25) is 0 Å². The Morgan fingerprint density at radius 2 is 1.87 bits per heavy atom. The maximum atomic E-state index is 12.9. The quantitative estimate of drug-likeness (QED) is 0.832. The second kappa shape index (κ2) is 8.73. The molecule has 1 aliphatic rings. The van der Waals surface area contributed by atoms with Gasteiger partial charge in [0, 0.05) is 19.2 Å². The summed E-state index contributed by atoms with van der Waals surface area (Å²) in [6.07, 6.45) is 1.73. The normalized spacial score (nSPS) is 16.7. The number of hydrogen-bond donors (Lipinski definition) is 1. The van der Waals surface area contributed by atoms with Crippen LogP contribution in [0.1, 0.15) is 12.8 Å². The number of ether oxygens (including phenoxy) is 2. The van der Waals surface area contributed by atoms with E-state index in [2.05, 4.69) is 5.32 Å². The van der Waals surface area contributed by atoms with Crippen LogP contribution in [0.15, 0.2) is 23.1 Å². The fraction of sp³-hybridized carbons (Fsp3) is 0.600. The number of nitrogens with zero attached hydrogens (tertiary/aromatic N) is 1. The van der Waals surface area contributed by atoms with Gasteiger partial charge < -0.3 is 14.8 Å². The van der Waals surface area contributed by atoms with E-state index in [1.54, 1.807) is 12.1 Å². The predicted molar refractivity (Wildman–Crippen MR) is 92.2 cm³/mol. The van der Waals surface area contributed by atoms with E-state index in [0.29, 0.717) is 30.5 Å². The van der Waals surface area contributed by atoms with Crippen LogP contribution in [0.25, 0.3) is 0 Å². The molecule has 0 aliphatic carbocycles. The number of piperidine rings is 1. The zero-order valence-corrected chi connectivity index (χ0v) is 15.4. The van der Waals surface area contributed by atoms with Crippen LogP contribution in [0.4, 0.5) is 0 Å². The van der Waals surface area contributed by atoms with Crippen LogP contribution in [0.5, 0.6) is 11.5 Å². The number of sulfonamides is 1. The predicted octanol–water partition coefficient (Wildman–Crippen LogP) is 1.75. The second-order valence-corrected chi connectivity index (χ2v) is 7.33. The van der Waals surface area contributed by atoms with Crippen molar-refractivity contribution >= 4 is 22.4 Å². The summed E-state index contributed by atoms with van der Waals surface area (Å²) >= 11 is 0. The molecule has 0 spiro atoms. The molecule has 0 saturated carbocycles. The summed E-state index contributed by atoms with van der Waals surface area (Å²) in [6.45, 7) is 2.00. The highest BCUT2D eigenvalue weighted by Crippen LogP contribution is 2.32. The molecule has 0 bridgehead atoms. The lowest BCUT2D eigenvalue weighted by atomic mass is 9.98. The number of methoxy groups -OCH3 is 2. The Hall–Kier alpha value is -1.02. The number of hydrogen-bond acceptors (Lipinski definition) is 5. The first-order chi connectivity index (χ1) is 10.5. The molecule has 1 N–H and O–H groups in total. The minimum Gasteiger partial charge on any atom is -0.497 e. The smallest absolute Gasteiger partial charge is 0.246 e. The van der Waals surface area contributed by atoms with Crippen LogP contribution in [0.3, 0.4) is 0 Å². The monoisotopic (exact) mass is 364 g/mol. The maximum Gasteiger partial charge on any atom is 0.246 e. The summed E-state index contributed by atoms with van der Waals surface area (Å²) in [4.78, 5) is 0.168. The molecule has 0 radical (unpaired) electrons. The van der Waals surface area contributed by atoms with Gasteiger partial charge in [-0.25, -0.2) is 8.42 Å². The highest BCUT2D eigenvalue weighted by atomic mass is 35.5. The van der Waals surface area contributed by atoms with Crippen molar-refractivity contribution in [3.05, 3.63) is 18.2 Å². The van der Waals surface area contributed by atoms with E-state index in [9.17, 15) is 8.42 Å². The van der Waals surface area contributed by atoms with E-state index in [4.69, 9.17) is 9.47 Å². The molecule has 1 saturated heterocycles. The zero-order valence-electron chi connectivity index (χ0n) is 13.7. The third-order valence-corrected chi connectivity index (χ3v) is 5.97. The first kappa shape index (κ1) is 20.0. The molecule has 0 amide bonds. The van der Waals surface area contributed by atoms with Crippen LogP contribution >= 0.6 is 12.4 Å². The second-order valence-electron chi connectivity index (χ2n) is 5.42. The van der Waals surface area contributed by atoms with Crippen molar-refractivity contribution < 1.29 is 17.9 Å². The molecular weight excluding hydrogens is 340 g/mol. The Labute approximate surface area is 144 Å². The van der Waals surface area contributed by atoms with Gasteiger partial charge in [-0.05, 0) is 44.5 Å². The van der Waals surface area contributed by atoms with Crippen molar-refractivity contribution in [3.8, 4) is 11.5 Å². The SMILES string of the molecule is CNCC1CCN(S(=O)(=O)c2cc(OC)ccc2OC)CC1.Cl. The van der Waals surface area contributed by atoms with Crippen molar-refractivity contribution in [3.63, 3.8) is 0 Å². The molecule has 1 heterocycles. The topological polar surface area (TPSA) is 67.9 Å². The Morgan fingerprint density at radius 3 is 2.39 bits per heavy atom. The van der Waals surface area contributed by atoms with E-state index in [0.717, 1.165) is 19.4 Å². The van der Waals surface area contributed by atoms with E-state index in [-0.39, 0.29) is 17.3 Å². The number of benzene rings is 1. The Bertz CT molecular complexity index is 601. The molecule has 1 aliphatic heterocycles. The summed E-state index contributed by atoms with van der Waals surface area (Å²) in [6, 6.07) is 4.84. The van der Waals surface area contributed by atoms with Gasteiger partial charge in [-0.15, -0.1) is 12.4 Å². The summed E-state index contributed by atoms with van der Waals surface area (Å²) in [5, 5.41) is 3.15. The van der Waals surface area contributed by atoms with Gasteiger partial charge in [-0.2, -0.15) is 4.31 Å². The fourth-order valence-electron chi connectivity index (χ4n) is 2.77. The van der Waals surface area contributed by atoms with Gasteiger partial charge >= 0.3 is 0 Å². The highest BCUT2D eigenvalue weighted by Gasteiger charge is 2.31. The van der Waals surface area contributed by atoms with Crippen LogP contribution < -0.4 is 14.8 Å². The number of rotatable bonds is 6. The Balaban J connectivity index is 0.00000264. The standard InChI is InChI=1S/C15H24N2O4S.ClH/c1-16-11-12-6-8-17(9-7-12)22(18,19)15-10-13(20-2)4-5-14(15)21-3;/h4-5,10,12,16H,6-9,11H2,1-3H3;1H. The minimum atomic E-state index is -3.57. The molecule has 6 nitrogen and oxygen atoms in total. The van der Waals surface area contributed by atoms with E-state index in [1.165, 1.54) is 24.6 Å². The molecule has 2 rings (SSSR count). The van der Waals surface area contributed by atoms with Gasteiger partial charge in [0.05, 0.1) is 14.2 Å². The Kier molecular flexibility index (Phi) is 7.60. The van der Waals surface area contributed by atoms with Crippen molar-refractivity contribution in [2.75, 3.05) is 40.9 Å². The first-order valence-corrected chi connectivity index (χ1v) is 8.83. The summed E-state index contributed by atoms with van der Waals surface area (Å²) < 4.78 is 37.6. The molecule has 1 aromatic rings. The Morgan fingerprint density at radius 1 is 1.22 bits per heavy atom. The van der Waals surface area contributed by atoms with Crippen molar-refractivity contribution in [2.24, 2.45) is 5.92 Å². The first-order valence-electron chi connectivity index (χ1n) is 7.39. The lowest BCUT2D eigenvalue weighted by Gasteiger charge is -2.31. The molecule has 1 fully saturated rings. The largest absolute Gasteiger partial charge is 0.497 e. The third-order valence-electron chi connectivity index (χ3n) is 4.05. The summed E-state index contributed by atoms with van der Waals surface area (Å²) in [5.41, 5.74) is 0. The highest BCUT2D eigenvalue weighted by molar-refractivity contribution is 7.89. The number of halogens is 1. The van der Waals surface area contributed by atoms with E-state index in [1.807, 2.05) is 7.05 Å². The van der Waals surface area contributed by atoms with Gasteiger partial charge in [-0.1, -0.05) is 0 Å². The van der Waals surface area contributed by atoms with E-state index >= 15 is 0 Å². The van der Waals surface area contributed by atoms with E-state index < -0.39 is 10.0 Å². The molecule has 23 heavy (non-hydrogen) atoms. The fourth-order valence-corrected chi connectivity index (χ4v) is 4.41. The van der Waals surface area contributed by atoms with Gasteiger partial charge in [0.25, 0.3) is 0 Å². The van der Waals surface area contributed by atoms with Gasteiger partial charge in [0.15, 0.2) is 0 Å². The molecule has 0 aromatic heterocycles. The molecule has 132 valence electrons. The van der Waals surface area contributed by atoms with Crippen molar-refractivity contribution in [1.82, 2.24) is 9.62 Å². The molecule has 0 atom stereocenters. The van der Waals surface area contributed by atoms with Crippen LogP contribution in [-0.4, -0.2) is 53.6 Å². The third kappa shape index (κ3) is 4.50. The number of nitrogens with one attached hydrogen (secondary N) is 1. The minimum absolute atomic E-state index is 0. The zero-order chi connectivity index (χ0) is 16.2. The molecule has 1 aromatic carbocycles. The maximum absolute atomic E-state index is 12.9. The van der Waals surface area contributed by atoms with Gasteiger partial charge in [-0.3, -0.25) is 0 Å². The van der Waals surface area contributed by atoms with Gasteiger partial charge in [0.1, 0.15) is 16.4 Å². The summed E-state index contributed by atoms with van der Waals surface area (Å²) in [7, 11) is 1.34. The van der Waals surface area contributed by atoms with Crippen molar-refractivity contribution in [2.45, 2.75) is 17.7 Å². The van der Waals surface area contributed by atoms with Gasteiger partial charge in [0.2, 0.25) is 10.0 Å². The van der Waals surface area contributed by atoms with Crippen molar-refractivity contribution in [1.29, 1.82) is 0 Å². The summed E-state index contributed by atoms with van der Waals surface area (Å²) in [5.74, 6) is 1.38. The molecule has 8 heteroatoms. The average Bonchev–Trinajstić information content (AvgIpc) is 2.55.